The minimum atomic E-state index is -4.49. The molecule has 0 aliphatic carbocycles. The zero-order chi connectivity index (χ0) is 25.9. The standard InChI is InChI=1S/C25H22F2N4O4S/c1-3-28-12-6-8-17-7-4-9-18(13-17)16(2)31-20-14-19(26)22(15-21(20)35-25(31)32)36(33,34)30-24-11-5-10-23(27)29-24/h4-5,7,9-11,13-16,28H,3,12H2,1-2H3,(H,29,30)/t16-/m1/s1. The molecule has 0 spiro atoms. The van der Waals surface area contributed by atoms with Crippen LogP contribution in [0.15, 0.2) is 68.7 Å². The van der Waals surface area contributed by atoms with E-state index in [4.69, 9.17) is 4.42 Å². The molecule has 1 atom stereocenters. The molecule has 0 aliphatic heterocycles. The Morgan fingerprint density at radius 3 is 2.67 bits per heavy atom. The molecule has 0 radical (unpaired) electrons. The highest BCUT2D eigenvalue weighted by Crippen LogP contribution is 2.28. The SMILES string of the molecule is CCNCC#Cc1cccc([C@@H](C)n2c(=O)oc3cc(S(=O)(=O)Nc4cccc(F)n4)c(F)cc32)c1. The number of nitrogens with one attached hydrogen (secondary N) is 2. The van der Waals surface area contributed by atoms with Gasteiger partial charge in [-0.1, -0.05) is 37.0 Å². The van der Waals surface area contributed by atoms with Gasteiger partial charge in [-0.2, -0.15) is 4.39 Å². The Kier molecular flexibility index (Phi) is 7.19. The highest BCUT2D eigenvalue weighted by molar-refractivity contribution is 7.92. The molecule has 2 aromatic heterocycles. The second-order valence-electron chi connectivity index (χ2n) is 7.82. The lowest BCUT2D eigenvalue weighted by molar-refractivity contribution is 0.489. The average Bonchev–Trinajstić information content (AvgIpc) is 3.15. The number of sulfonamides is 1. The van der Waals surface area contributed by atoms with Crippen LogP contribution in [0.2, 0.25) is 0 Å². The zero-order valence-corrected chi connectivity index (χ0v) is 20.2. The van der Waals surface area contributed by atoms with Crippen LogP contribution >= 0.6 is 0 Å². The van der Waals surface area contributed by atoms with Gasteiger partial charge < -0.3 is 9.73 Å². The Hall–Kier alpha value is -4.01. The zero-order valence-electron chi connectivity index (χ0n) is 19.4. The number of aromatic nitrogens is 2. The smallest absolute Gasteiger partial charge is 0.408 e. The first-order valence-corrected chi connectivity index (χ1v) is 12.5. The number of rotatable bonds is 7. The molecule has 4 aromatic rings. The predicted octanol–water partition coefficient (Wildman–Crippen LogP) is 3.64. The van der Waals surface area contributed by atoms with Crippen LogP contribution in [0.25, 0.3) is 11.1 Å². The predicted molar refractivity (Wildman–Crippen MR) is 131 cm³/mol. The molecule has 186 valence electrons. The van der Waals surface area contributed by atoms with Crippen LogP contribution in [0.4, 0.5) is 14.6 Å². The Bertz CT molecular complexity index is 1650. The summed E-state index contributed by atoms with van der Waals surface area (Å²) in [5.41, 5.74) is 1.43. The quantitative estimate of drug-likeness (QED) is 0.223. The number of pyridine rings is 1. The molecule has 0 unspecified atom stereocenters. The minimum absolute atomic E-state index is 0.0801. The summed E-state index contributed by atoms with van der Waals surface area (Å²) in [4.78, 5) is 15.3. The van der Waals surface area contributed by atoms with Gasteiger partial charge >= 0.3 is 5.76 Å². The van der Waals surface area contributed by atoms with E-state index in [1.165, 1.54) is 16.7 Å². The first-order valence-electron chi connectivity index (χ1n) is 11.0. The van der Waals surface area contributed by atoms with Crippen molar-refractivity contribution in [3.05, 3.63) is 88.0 Å². The lowest BCUT2D eigenvalue weighted by Crippen LogP contribution is -2.19. The average molecular weight is 513 g/mol. The maximum absolute atomic E-state index is 15.0. The van der Waals surface area contributed by atoms with Crippen molar-refractivity contribution in [1.82, 2.24) is 14.9 Å². The molecule has 0 fully saturated rings. The van der Waals surface area contributed by atoms with Crippen molar-refractivity contribution in [2.45, 2.75) is 24.8 Å². The topological polar surface area (TPSA) is 106 Å². The van der Waals surface area contributed by atoms with Crippen LogP contribution < -0.4 is 15.8 Å². The molecular weight excluding hydrogens is 490 g/mol. The van der Waals surface area contributed by atoms with Gasteiger partial charge in [-0.25, -0.2) is 22.6 Å². The Morgan fingerprint density at radius 2 is 1.92 bits per heavy atom. The summed E-state index contributed by atoms with van der Waals surface area (Å²) >= 11 is 0. The van der Waals surface area contributed by atoms with E-state index in [1.54, 1.807) is 19.1 Å². The molecule has 8 nitrogen and oxygen atoms in total. The van der Waals surface area contributed by atoms with Crippen molar-refractivity contribution in [2.24, 2.45) is 0 Å². The molecule has 0 saturated heterocycles. The molecule has 0 bridgehead atoms. The molecule has 0 aliphatic rings. The van der Waals surface area contributed by atoms with Gasteiger partial charge in [0.15, 0.2) is 5.58 Å². The Labute approximate surface area is 206 Å². The Morgan fingerprint density at radius 1 is 1.14 bits per heavy atom. The molecule has 2 aromatic carbocycles. The van der Waals surface area contributed by atoms with E-state index >= 15 is 4.39 Å². The van der Waals surface area contributed by atoms with Gasteiger partial charge in [0.05, 0.1) is 18.1 Å². The number of nitrogens with zero attached hydrogens (tertiary/aromatic N) is 2. The third-order valence-corrected chi connectivity index (χ3v) is 6.73. The van der Waals surface area contributed by atoms with Crippen molar-refractivity contribution in [1.29, 1.82) is 0 Å². The van der Waals surface area contributed by atoms with Crippen molar-refractivity contribution in [2.75, 3.05) is 17.8 Å². The molecule has 11 heteroatoms. The molecule has 36 heavy (non-hydrogen) atoms. The van der Waals surface area contributed by atoms with Gasteiger partial charge in [-0.3, -0.25) is 9.29 Å². The van der Waals surface area contributed by atoms with E-state index in [1.807, 2.05) is 23.8 Å². The Balaban J connectivity index is 1.70. The van der Waals surface area contributed by atoms with Crippen molar-refractivity contribution >= 4 is 26.9 Å². The number of benzene rings is 2. The summed E-state index contributed by atoms with van der Waals surface area (Å²) in [7, 11) is -4.49. The van der Waals surface area contributed by atoms with Gasteiger partial charge in [-0.15, -0.1) is 0 Å². The summed E-state index contributed by atoms with van der Waals surface area (Å²) in [6, 6.07) is 12.0. The van der Waals surface area contributed by atoms with E-state index in [-0.39, 0.29) is 16.9 Å². The van der Waals surface area contributed by atoms with Crippen LogP contribution in [0.5, 0.6) is 0 Å². The highest BCUT2D eigenvalue weighted by atomic mass is 32.2. The van der Waals surface area contributed by atoms with E-state index in [0.717, 1.165) is 35.9 Å². The number of fused-ring (bicyclic) bond motifs is 1. The summed E-state index contributed by atoms with van der Waals surface area (Å²) < 4.78 is 62.3. The monoisotopic (exact) mass is 512 g/mol. The van der Waals surface area contributed by atoms with Crippen molar-refractivity contribution in [3.8, 4) is 11.8 Å². The molecule has 2 heterocycles. The lowest BCUT2D eigenvalue weighted by atomic mass is 10.0. The number of hydrogen-bond donors (Lipinski definition) is 2. The van der Waals surface area contributed by atoms with Crippen LogP contribution in [-0.4, -0.2) is 31.1 Å². The second-order valence-corrected chi connectivity index (χ2v) is 9.47. The molecule has 0 saturated carbocycles. The lowest BCUT2D eigenvalue weighted by Gasteiger charge is -2.14. The fraction of sp³-hybridized carbons (Fsp3) is 0.200. The van der Waals surface area contributed by atoms with Crippen LogP contribution in [-0.2, 0) is 10.0 Å². The van der Waals surface area contributed by atoms with Gasteiger partial charge in [0.1, 0.15) is 16.5 Å². The van der Waals surface area contributed by atoms with E-state index < -0.39 is 38.5 Å². The number of anilines is 1. The van der Waals surface area contributed by atoms with Crippen molar-refractivity contribution in [3.63, 3.8) is 0 Å². The fourth-order valence-electron chi connectivity index (χ4n) is 3.63. The van der Waals surface area contributed by atoms with Gasteiger partial charge in [0.2, 0.25) is 5.95 Å². The fourth-order valence-corrected chi connectivity index (χ4v) is 4.70. The second kappa shape index (κ2) is 10.3. The van der Waals surface area contributed by atoms with Crippen molar-refractivity contribution < 1.29 is 21.6 Å². The summed E-state index contributed by atoms with van der Waals surface area (Å²) in [5, 5.41) is 3.11. The third kappa shape index (κ3) is 5.30. The van der Waals surface area contributed by atoms with Gasteiger partial charge in [0.25, 0.3) is 10.0 Å². The van der Waals surface area contributed by atoms with Crippen LogP contribution in [0.1, 0.15) is 31.0 Å². The first kappa shape index (κ1) is 25.1. The summed E-state index contributed by atoms with van der Waals surface area (Å²) in [5.74, 6) is 2.92. The third-order valence-electron chi connectivity index (χ3n) is 5.36. The van der Waals surface area contributed by atoms with Gasteiger partial charge in [-0.05, 0) is 43.3 Å². The maximum atomic E-state index is 15.0. The maximum Gasteiger partial charge on any atom is 0.420 e. The first-order chi connectivity index (χ1) is 17.2. The van der Waals surface area contributed by atoms with E-state index in [9.17, 15) is 17.6 Å². The van der Waals surface area contributed by atoms with Crippen LogP contribution in [0, 0.1) is 23.6 Å². The molecule has 0 amide bonds. The molecular formula is C25H22F2N4O4S. The highest BCUT2D eigenvalue weighted by Gasteiger charge is 2.25. The normalized spacial score (nSPS) is 12.2. The minimum Gasteiger partial charge on any atom is -0.408 e. The largest absolute Gasteiger partial charge is 0.420 e. The molecule has 4 rings (SSSR count). The number of halogens is 2. The van der Waals surface area contributed by atoms with E-state index in [0.29, 0.717) is 6.54 Å². The van der Waals surface area contributed by atoms with Gasteiger partial charge in [0, 0.05) is 17.7 Å². The summed E-state index contributed by atoms with van der Waals surface area (Å²) in [6.45, 7) is 5.06. The number of hydrogen-bond acceptors (Lipinski definition) is 6. The van der Waals surface area contributed by atoms with E-state index in [2.05, 4.69) is 22.1 Å². The molecule has 2 N–H and O–H groups in total. The van der Waals surface area contributed by atoms with Crippen LogP contribution in [0.3, 0.4) is 0 Å². The summed E-state index contributed by atoms with van der Waals surface area (Å²) in [6.07, 6.45) is 0. The number of oxazole rings is 1.